The smallest absolute Gasteiger partial charge is 0.0454 e. The fraction of sp³-hybridized carbons (Fsp3) is 0.500. The van der Waals surface area contributed by atoms with Crippen molar-refractivity contribution in [3.05, 3.63) is 22.4 Å². The zero-order chi connectivity index (χ0) is 10.3. The van der Waals surface area contributed by atoms with Gasteiger partial charge < -0.3 is 5.32 Å². The minimum Gasteiger partial charge on any atom is -0.309 e. The fourth-order valence-electron chi connectivity index (χ4n) is 2.09. The summed E-state index contributed by atoms with van der Waals surface area (Å²) in [6.07, 6.45) is 2.81. The second kappa shape index (κ2) is 3.89. The van der Waals surface area contributed by atoms with E-state index in [4.69, 9.17) is 0 Å². The maximum atomic E-state index is 3.63. The van der Waals surface area contributed by atoms with Crippen molar-refractivity contribution in [2.45, 2.75) is 25.8 Å². The Morgan fingerprint density at radius 1 is 1.47 bits per heavy atom. The summed E-state index contributed by atoms with van der Waals surface area (Å²) in [4.78, 5) is 1.54. The Morgan fingerprint density at radius 2 is 2.33 bits per heavy atom. The summed E-state index contributed by atoms with van der Waals surface area (Å²) in [6.45, 7) is 3.28. The molecule has 1 N–H and O–H groups in total. The van der Waals surface area contributed by atoms with Gasteiger partial charge in [0, 0.05) is 20.3 Å². The summed E-state index contributed by atoms with van der Waals surface area (Å²) in [6, 6.07) is 5.25. The molecule has 3 rings (SSSR count). The van der Waals surface area contributed by atoms with Gasteiger partial charge in [0.2, 0.25) is 0 Å². The number of hydrogen-bond acceptors (Lipinski definition) is 3. The average molecular weight is 237 g/mol. The first-order chi connectivity index (χ1) is 7.38. The third kappa shape index (κ3) is 1.84. The van der Waals surface area contributed by atoms with Crippen molar-refractivity contribution in [2.24, 2.45) is 5.92 Å². The molecule has 1 atom stereocenters. The number of thiophene rings is 2. The van der Waals surface area contributed by atoms with Crippen LogP contribution in [0.1, 0.15) is 30.7 Å². The highest BCUT2D eigenvalue weighted by Gasteiger charge is 2.32. The van der Waals surface area contributed by atoms with Gasteiger partial charge >= 0.3 is 0 Å². The van der Waals surface area contributed by atoms with E-state index in [0.717, 1.165) is 12.5 Å². The van der Waals surface area contributed by atoms with Crippen LogP contribution in [-0.4, -0.2) is 6.54 Å². The Hall–Kier alpha value is -0.380. The molecule has 1 nitrogen and oxygen atoms in total. The van der Waals surface area contributed by atoms with Crippen LogP contribution in [0.2, 0.25) is 0 Å². The Balaban J connectivity index is 1.92. The first-order valence-corrected chi connectivity index (χ1v) is 7.28. The molecular formula is C12H15NS2. The Morgan fingerprint density at radius 3 is 3.00 bits per heavy atom. The van der Waals surface area contributed by atoms with Gasteiger partial charge in [-0.1, -0.05) is 6.92 Å². The number of rotatable bonds is 4. The lowest BCUT2D eigenvalue weighted by Gasteiger charge is -2.14. The van der Waals surface area contributed by atoms with Crippen molar-refractivity contribution < 1.29 is 0 Å². The largest absolute Gasteiger partial charge is 0.309 e. The van der Waals surface area contributed by atoms with Crippen LogP contribution in [-0.2, 0) is 0 Å². The van der Waals surface area contributed by atoms with Crippen molar-refractivity contribution in [1.29, 1.82) is 0 Å². The van der Waals surface area contributed by atoms with Crippen LogP contribution >= 0.6 is 22.7 Å². The Bertz CT molecular complexity index is 424. The first-order valence-electron chi connectivity index (χ1n) is 5.59. The normalized spacial score (nSPS) is 18.5. The highest BCUT2D eigenvalue weighted by molar-refractivity contribution is 7.26. The molecule has 0 spiro atoms. The number of hydrogen-bond donors (Lipinski definition) is 1. The summed E-state index contributed by atoms with van der Waals surface area (Å²) in [5, 5.41) is 5.81. The predicted molar refractivity (Wildman–Crippen MR) is 68.8 cm³/mol. The minimum absolute atomic E-state index is 0.625. The van der Waals surface area contributed by atoms with Gasteiger partial charge in [-0.25, -0.2) is 0 Å². The van der Waals surface area contributed by atoms with Crippen molar-refractivity contribution in [1.82, 2.24) is 5.32 Å². The van der Waals surface area contributed by atoms with Gasteiger partial charge in [-0.2, -0.15) is 0 Å². The van der Waals surface area contributed by atoms with Gasteiger partial charge in [-0.05, 0) is 42.8 Å². The summed E-state index contributed by atoms with van der Waals surface area (Å²) >= 11 is 3.83. The third-order valence-corrected chi connectivity index (χ3v) is 5.16. The van der Waals surface area contributed by atoms with Gasteiger partial charge in [0.15, 0.2) is 0 Å². The summed E-state index contributed by atoms with van der Waals surface area (Å²) in [7, 11) is 0. The maximum Gasteiger partial charge on any atom is 0.0454 e. The standard InChI is InChI=1S/C12H15NS2/c1-2-13-12(8-3-4-8)11-7-10-9(15-11)5-6-14-10/h5-8,12-13H,2-4H2,1H3. The molecule has 3 heteroatoms. The minimum atomic E-state index is 0.625. The Labute approximate surface area is 98.1 Å². The van der Waals surface area contributed by atoms with Crippen LogP contribution in [0.3, 0.4) is 0 Å². The quantitative estimate of drug-likeness (QED) is 0.846. The van der Waals surface area contributed by atoms with Gasteiger partial charge in [0.25, 0.3) is 0 Å². The molecule has 0 radical (unpaired) electrons. The number of fused-ring (bicyclic) bond motifs is 1. The van der Waals surface area contributed by atoms with E-state index in [9.17, 15) is 0 Å². The lowest BCUT2D eigenvalue weighted by atomic mass is 10.1. The fourth-order valence-corrected chi connectivity index (χ4v) is 4.38. The maximum absolute atomic E-state index is 3.63. The first kappa shape index (κ1) is 9.82. The lowest BCUT2D eigenvalue weighted by molar-refractivity contribution is 0.504. The zero-order valence-corrected chi connectivity index (χ0v) is 10.5. The molecule has 1 aliphatic rings. The molecule has 1 unspecified atom stereocenters. The zero-order valence-electron chi connectivity index (χ0n) is 8.82. The van der Waals surface area contributed by atoms with Gasteiger partial charge in [0.05, 0.1) is 0 Å². The molecule has 2 aromatic heterocycles. The van der Waals surface area contributed by atoms with E-state index in [-0.39, 0.29) is 0 Å². The Kier molecular flexibility index (Phi) is 2.54. The van der Waals surface area contributed by atoms with Gasteiger partial charge in [0.1, 0.15) is 0 Å². The van der Waals surface area contributed by atoms with Crippen molar-refractivity contribution in [3.63, 3.8) is 0 Å². The third-order valence-electron chi connectivity index (χ3n) is 2.98. The highest BCUT2D eigenvalue weighted by atomic mass is 32.1. The van der Waals surface area contributed by atoms with E-state index in [1.165, 1.54) is 22.2 Å². The second-order valence-corrected chi connectivity index (χ2v) is 6.23. The topological polar surface area (TPSA) is 12.0 Å². The van der Waals surface area contributed by atoms with E-state index in [0.29, 0.717) is 6.04 Å². The van der Waals surface area contributed by atoms with E-state index in [1.807, 2.05) is 22.7 Å². The molecule has 1 fully saturated rings. The molecule has 0 bridgehead atoms. The van der Waals surface area contributed by atoms with Crippen molar-refractivity contribution in [2.75, 3.05) is 6.54 Å². The summed E-state index contributed by atoms with van der Waals surface area (Å²) in [5.74, 6) is 0.901. The lowest BCUT2D eigenvalue weighted by Crippen LogP contribution is -2.21. The molecule has 0 aliphatic heterocycles. The number of nitrogens with one attached hydrogen (secondary N) is 1. The molecule has 0 saturated heterocycles. The molecule has 1 aliphatic carbocycles. The molecule has 2 heterocycles. The molecule has 1 saturated carbocycles. The van der Waals surface area contributed by atoms with Crippen LogP contribution in [0.4, 0.5) is 0 Å². The second-order valence-electron chi connectivity index (χ2n) is 4.17. The monoisotopic (exact) mass is 237 g/mol. The van der Waals surface area contributed by atoms with Gasteiger partial charge in [-0.3, -0.25) is 0 Å². The molecular weight excluding hydrogens is 222 g/mol. The van der Waals surface area contributed by atoms with Crippen LogP contribution < -0.4 is 5.32 Å². The molecule has 2 aromatic rings. The predicted octanol–water partition coefficient (Wildman–Crippen LogP) is 4.02. The van der Waals surface area contributed by atoms with E-state index in [1.54, 1.807) is 4.88 Å². The summed E-state index contributed by atoms with van der Waals surface area (Å²) < 4.78 is 2.91. The molecule has 15 heavy (non-hydrogen) atoms. The highest BCUT2D eigenvalue weighted by Crippen LogP contribution is 2.44. The van der Waals surface area contributed by atoms with Crippen LogP contribution in [0.15, 0.2) is 17.5 Å². The molecule has 0 aromatic carbocycles. The van der Waals surface area contributed by atoms with Crippen LogP contribution in [0, 0.1) is 5.92 Å². The van der Waals surface area contributed by atoms with Crippen molar-refractivity contribution >= 4 is 32.1 Å². The van der Waals surface area contributed by atoms with E-state index < -0.39 is 0 Å². The van der Waals surface area contributed by atoms with E-state index >= 15 is 0 Å². The van der Waals surface area contributed by atoms with Crippen LogP contribution in [0.5, 0.6) is 0 Å². The SMILES string of the molecule is CCNC(c1cc2sccc2s1)C1CC1. The van der Waals surface area contributed by atoms with E-state index in [2.05, 4.69) is 29.8 Å². The van der Waals surface area contributed by atoms with Crippen LogP contribution in [0.25, 0.3) is 9.40 Å². The van der Waals surface area contributed by atoms with Gasteiger partial charge in [-0.15, -0.1) is 22.7 Å². The average Bonchev–Trinajstić information content (AvgIpc) is 2.82. The van der Waals surface area contributed by atoms with Crippen molar-refractivity contribution in [3.8, 4) is 0 Å². The molecule has 80 valence electrons. The molecule has 0 amide bonds. The summed E-state index contributed by atoms with van der Waals surface area (Å²) in [5.41, 5.74) is 0.